The zero-order valence-corrected chi connectivity index (χ0v) is 20.4. The molecule has 0 saturated carbocycles. The van der Waals surface area contributed by atoms with Crippen molar-refractivity contribution in [2.45, 2.75) is 32.3 Å². The second kappa shape index (κ2) is 11.7. The number of halogens is 1. The fourth-order valence-corrected chi connectivity index (χ4v) is 5.05. The highest BCUT2D eigenvalue weighted by atomic mass is 32.1. The van der Waals surface area contributed by atoms with Gasteiger partial charge in [-0.25, -0.2) is 9.37 Å². The highest BCUT2D eigenvalue weighted by molar-refractivity contribution is 7.19. The van der Waals surface area contributed by atoms with Gasteiger partial charge in [0, 0.05) is 35.5 Å². The van der Waals surface area contributed by atoms with Crippen LogP contribution in [0.5, 0.6) is 0 Å². The summed E-state index contributed by atoms with van der Waals surface area (Å²) in [6.45, 7) is 4.31. The summed E-state index contributed by atoms with van der Waals surface area (Å²) >= 11 is 1.23. The van der Waals surface area contributed by atoms with Crippen molar-refractivity contribution in [1.82, 2.24) is 4.98 Å². The first-order chi connectivity index (χ1) is 16.9. The van der Waals surface area contributed by atoms with Crippen molar-refractivity contribution in [2.75, 3.05) is 31.7 Å². The van der Waals surface area contributed by atoms with E-state index in [9.17, 15) is 14.3 Å². The van der Waals surface area contributed by atoms with Crippen molar-refractivity contribution in [1.29, 1.82) is 0 Å². The number of pyridine rings is 1. The number of benzene rings is 1. The van der Waals surface area contributed by atoms with Crippen LogP contribution in [0.25, 0.3) is 10.4 Å². The number of hydrogen-bond donors (Lipinski definition) is 3. The molecule has 0 bridgehead atoms. The summed E-state index contributed by atoms with van der Waals surface area (Å²) in [6.07, 6.45) is 2.17. The number of carbonyl (C=O) groups is 1. The van der Waals surface area contributed by atoms with Gasteiger partial charge < -0.3 is 25.6 Å². The lowest BCUT2D eigenvalue weighted by molar-refractivity contribution is 0.000441. The predicted octanol–water partition coefficient (Wildman–Crippen LogP) is 4.83. The number of aliphatic hydroxyl groups excluding tert-OH is 1. The number of amides is 1. The van der Waals surface area contributed by atoms with E-state index in [0.717, 1.165) is 31.7 Å². The Hall–Kier alpha value is -2.85. The van der Waals surface area contributed by atoms with E-state index in [-0.39, 0.29) is 18.1 Å². The van der Waals surface area contributed by atoms with Crippen LogP contribution in [0.15, 0.2) is 42.5 Å². The van der Waals surface area contributed by atoms with Gasteiger partial charge in [-0.3, -0.25) is 4.79 Å². The van der Waals surface area contributed by atoms with Gasteiger partial charge >= 0.3 is 0 Å². The molecule has 1 aromatic carbocycles. The molecule has 4 N–H and O–H groups in total. The summed E-state index contributed by atoms with van der Waals surface area (Å²) in [5.74, 6) is -0.259. The van der Waals surface area contributed by atoms with Gasteiger partial charge in [0.05, 0.1) is 31.1 Å². The molecule has 186 valence electrons. The van der Waals surface area contributed by atoms with E-state index in [1.165, 1.54) is 17.4 Å². The summed E-state index contributed by atoms with van der Waals surface area (Å²) in [6, 6.07) is 12.0. The second-order valence-electron chi connectivity index (χ2n) is 8.78. The third-order valence-corrected chi connectivity index (χ3v) is 7.09. The normalized spacial score (nSPS) is 16.7. The predicted molar refractivity (Wildman–Crippen MR) is 134 cm³/mol. The van der Waals surface area contributed by atoms with Gasteiger partial charge in [0.1, 0.15) is 16.6 Å². The Morgan fingerprint density at radius 1 is 1.37 bits per heavy atom. The lowest BCUT2D eigenvalue weighted by Gasteiger charge is -2.21. The quantitative estimate of drug-likeness (QED) is 0.369. The van der Waals surface area contributed by atoms with Crippen LogP contribution in [-0.2, 0) is 16.1 Å². The maximum atomic E-state index is 14.9. The van der Waals surface area contributed by atoms with Crippen LogP contribution in [0.2, 0.25) is 0 Å². The molecule has 3 heterocycles. The largest absolute Gasteiger partial charge is 0.396 e. The van der Waals surface area contributed by atoms with E-state index >= 15 is 0 Å². The number of aromatic nitrogens is 1. The number of hydrogen-bond acceptors (Lipinski definition) is 7. The summed E-state index contributed by atoms with van der Waals surface area (Å²) < 4.78 is 26.2. The molecule has 3 aromatic rings. The molecule has 7 nitrogen and oxygen atoms in total. The summed E-state index contributed by atoms with van der Waals surface area (Å²) in [4.78, 5) is 17.2. The molecular weight excluding hydrogens is 469 g/mol. The Labute approximate surface area is 208 Å². The second-order valence-corrected chi connectivity index (χ2v) is 9.83. The maximum absolute atomic E-state index is 14.9. The number of nitrogens with one attached hydrogen (secondary N) is 1. The topological polar surface area (TPSA) is 107 Å². The summed E-state index contributed by atoms with van der Waals surface area (Å²) in [7, 11) is 0. The van der Waals surface area contributed by atoms with Crippen LogP contribution in [0.3, 0.4) is 0 Å². The van der Waals surface area contributed by atoms with Gasteiger partial charge in [-0.15, -0.1) is 11.3 Å². The molecule has 1 fully saturated rings. The van der Waals surface area contributed by atoms with Crippen LogP contribution < -0.4 is 11.1 Å². The Balaban J connectivity index is 1.48. The standard InChI is InChI=1S/C26H30FN3O4S/c1-16(12-31)18-7-8-20(22(27)10-18)23-11-21(25(28)32)26(35-23)30-24-6-2-5-19(29-24)15-34-14-17-4-3-9-33-13-17/h2,5-8,10-11,16-17,31H,3-4,9,12-15H2,1H3,(H2,28,32)(H,29,30). The highest BCUT2D eigenvalue weighted by Gasteiger charge is 2.19. The molecular formula is C26H30FN3O4S. The van der Waals surface area contributed by atoms with E-state index in [0.29, 0.717) is 46.0 Å². The minimum Gasteiger partial charge on any atom is -0.396 e. The molecule has 0 spiro atoms. The zero-order chi connectivity index (χ0) is 24.8. The van der Waals surface area contributed by atoms with Gasteiger partial charge in [-0.2, -0.15) is 0 Å². The van der Waals surface area contributed by atoms with Crippen molar-refractivity contribution >= 4 is 28.1 Å². The first-order valence-electron chi connectivity index (χ1n) is 11.7. The number of primary amides is 1. The minimum atomic E-state index is -0.616. The van der Waals surface area contributed by atoms with Crippen molar-refractivity contribution < 1.29 is 23.8 Å². The smallest absolute Gasteiger partial charge is 0.251 e. The van der Waals surface area contributed by atoms with Crippen LogP contribution in [0.4, 0.5) is 15.2 Å². The molecule has 2 aromatic heterocycles. The number of nitrogens with zero attached hydrogens (tertiary/aromatic N) is 1. The molecule has 0 radical (unpaired) electrons. The number of aliphatic hydroxyl groups is 1. The van der Waals surface area contributed by atoms with Gasteiger partial charge in [-0.05, 0) is 42.7 Å². The molecule has 1 aliphatic rings. The summed E-state index contributed by atoms with van der Waals surface area (Å²) in [5.41, 5.74) is 7.69. The van der Waals surface area contributed by atoms with Gasteiger partial charge in [0.25, 0.3) is 5.91 Å². The maximum Gasteiger partial charge on any atom is 0.251 e. The lowest BCUT2D eigenvalue weighted by atomic mass is 9.99. The Morgan fingerprint density at radius 3 is 2.94 bits per heavy atom. The molecule has 9 heteroatoms. The fraction of sp³-hybridized carbons (Fsp3) is 0.385. The van der Waals surface area contributed by atoms with E-state index in [1.54, 1.807) is 24.3 Å². The number of nitrogens with two attached hydrogens (primary N) is 1. The number of ether oxygens (including phenoxy) is 2. The van der Waals surface area contributed by atoms with Crippen molar-refractivity contribution in [3.63, 3.8) is 0 Å². The Kier molecular flexibility index (Phi) is 8.46. The van der Waals surface area contributed by atoms with Crippen LogP contribution in [0.1, 0.15) is 47.3 Å². The molecule has 1 amide bonds. The van der Waals surface area contributed by atoms with E-state index in [2.05, 4.69) is 10.3 Å². The van der Waals surface area contributed by atoms with Gasteiger partial charge in [0.2, 0.25) is 0 Å². The third-order valence-electron chi connectivity index (χ3n) is 6.01. The van der Waals surface area contributed by atoms with Crippen LogP contribution in [-0.4, -0.2) is 42.4 Å². The molecule has 1 saturated heterocycles. The van der Waals surface area contributed by atoms with Crippen molar-refractivity contribution in [3.05, 3.63) is 65.1 Å². The average molecular weight is 500 g/mol. The van der Waals surface area contributed by atoms with Gasteiger partial charge in [-0.1, -0.05) is 25.1 Å². The first-order valence-corrected chi connectivity index (χ1v) is 12.5. The summed E-state index contributed by atoms with van der Waals surface area (Å²) in [5, 5.41) is 13.0. The van der Waals surface area contributed by atoms with Crippen LogP contribution >= 0.6 is 11.3 Å². The number of anilines is 2. The Morgan fingerprint density at radius 2 is 2.23 bits per heavy atom. The molecule has 2 unspecified atom stereocenters. The average Bonchev–Trinajstić information content (AvgIpc) is 3.28. The van der Waals surface area contributed by atoms with E-state index in [4.69, 9.17) is 15.2 Å². The molecule has 0 aliphatic carbocycles. The zero-order valence-electron chi connectivity index (χ0n) is 19.6. The number of rotatable bonds is 10. The number of carbonyl (C=O) groups excluding carboxylic acids is 1. The first kappa shape index (κ1) is 25.2. The molecule has 4 rings (SSSR count). The van der Waals surface area contributed by atoms with Crippen molar-refractivity contribution in [2.24, 2.45) is 11.7 Å². The monoisotopic (exact) mass is 499 g/mol. The Bertz CT molecular complexity index is 1160. The van der Waals surface area contributed by atoms with Crippen molar-refractivity contribution in [3.8, 4) is 10.4 Å². The molecule has 2 atom stereocenters. The van der Waals surface area contributed by atoms with Crippen LogP contribution in [0, 0.1) is 11.7 Å². The highest BCUT2D eigenvalue weighted by Crippen LogP contribution is 2.38. The SMILES string of the molecule is CC(CO)c1ccc(-c2cc(C(N)=O)c(Nc3cccc(COCC4CCCOC4)n3)s2)c(F)c1. The van der Waals surface area contributed by atoms with Gasteiger partial charge in [0.15, 0.2) is 0 Å². The van der Waals surface area contributed by atoms with E-state index < -0.39 is 11.7 Å². The number of thiophene rings is 1. The minimum absolute atomic E-state index is 0.0657. The lowest BCUT2D eigenvalue weighted by Crippen LogP contribution is -2.21. The molecule has 1 aliphatic heterocycles. The van der Waals surface area contributed by atoms with E-state index in [1.807, 2.05) is 19.1 Å². The third kappa shape index (κ3) is 6.43. The fourth-order valence-electron chi connectivity index (χ4n) is 3.96. The molecule has 35 heavy (non-hydrogen) atoms.